The number of unbranched alkanes of at least 4 members (excludes halogenated alkanes) is 1. The van der Waals surface area contributed by atoms with Gasteiger partial charge in [0.1, 0.15) is 11.9 Å². The van der Waals surface area contributed by atoms with E-state index in [1.807, 2.05) is 43.6 Å². The van der Waals surface area contributed by atoms with Crippen molar-refractivity contribution in [2.45, 2.75) is 31.2 Å². The van der Waals surface area contributed by atoms with E-state index >= 15 is 0 Å². The standard InChI is InChI=1S/C15H17N3S/c1-13-17-8-10-18(13)9-4-5-11-19-15-7-3-2-6-14(15)12-16/h2-3,6-8,10H,4-5,9,11H2,1H3. The monoisotopic (exact) mass is 271 g/mol. The maximum atomic E-state index is 9.00. The molecular weight excluding hydrogens is 254 g/mol. The Labute approximate surface area is 118 Å². The normalized spacial score (nSPS) is 10.3. The molecule has 0 atom stereocenters. The molecule has 1 aromatic carbocycles. The van der Waals surface area contributed by atoms with Crippen LogP contribution in [0, 0.1) is 18.3 Å². The highest BCUT2D eigenvalue weighted by Gasteiger charge is 2.01. The van der Waals surface area contributed by atoms with Crippen molar-refractivity contribution in [2.75, 3.05) is 5.75 Å². The van der Waals surface area contributed by atoms with Crippen LogP contribution in [0.1, 0.15) is 24.2 Å². The van der Waals surface area contributed by atoms with Gasteiger partial charge in [-0.2, -0.15) is 5.26 Å². The molecule has 0 spiro atoms. The van der Waals surface area contributed by atoms with E-state index in [1.165, 1.54) is 0 Å². The van der Waals surface area contributed by atoms with Gasteiger partial charge in [-0.15, -0.1) is 11.8 Å². The van der Waals surface area contributed by atoms with Crippen LogP contribution in [0.15, 0.2) is 41.6 Å². The Balaban J connectivity index is 1.73. The SMILES string of the molecule is Cc1nccn1CCCCSc1ccccc1C#N. The summed E-state index contributed by atoms with van der Waals surface area (Å²) in [6.45, 7) is 3.05. The maximum absolute atomic E-state index is 9.00. The second-order valence-electron chi connectivity index (χ2n) is 4.33. The number of thioether (sulfide) groups is 1. The van der Waals surface area contributed by atoms with Crippen LogP contribution in [0.3, 0.4) is 0 Å². The first-order chi connectivity index (χ1) is 9.31. The summed E-state index contributed by atoms with van der Waals surface area (Å²) in [5.74, 6) is 2.12. The average molecular weight is 271 g/mol. The summed E-state index contributed by atoms with van der Waals surface area (Å²) in [5.41, 5.74) is 0.776. The van der Waals surface area contributed by atoms with Crippen LogP contribution < -0.4 is 0 Å². The molecule has 0 aliphatic heterocycles. The summed E-state index contributed by atoms with van der Waals surface area (Å²) in [6, 6.07) is 10.0. The van der Waals surface area contributed by atoms with Gasteiger partial charge in [-0.3, -0.25) is 0 Å². The van der Waals surface area contributed by atoms with E-state index in [4.69, 9.17) is 5.26 Å². The van der Waals surface area contributed by atoms with Crippen molar-refractivity contribution < 1.29 is 0 Å². The Kier molecular flexibility index (Phi) is 5.05. The number of aryl methyl sites for hydroxylation is 2. The predicted molar refractivity (Wildman–Crippen MR) is 78.1 cm³/mol. The lowest BCUT2D eigenvalue weighted by Crippen LogP contribution is -1.99. The minimum atomic E-state index is 0.776. The zero-order chi connectivity index (χ0) is 13.5. The second kappa shape index (κ2) is 7.01. The van der Waals surface area contributed by atoms with Gasteiger partial charge in [0.2, 0.25) is 0 Å². The fourth-order valence-corrected chi connectivity index (χ4v) is 2.90. The molecule has 3 nitrogen and oxygen atoms in total. The van der Waals surface area contributed by atoms with Crippen LogP contribution in [0.25, 0.3) is 0 Å². The molecule has 2 aromatic rings. The van der Waals surface area contributed by atoms with Crippen LogP contribution in [-0.4, -0.2) is 15.3 Å². The average Bonchev–Trinajstić information content (AvgIpc) is 2.84. The molecule has 0 radical (unpaired) electrons. The zero-order valence-corrected chi connectivity index (χ0v) is 11.9. The third kappa shape index (κ3) is 3.87. The molecule has 0 saturated heterocycles. The molecule has 0 saturated carbocycles. The molecule has 0 bridgehead atoms. The van der Waals surface area contributed by atoms with Crippen molar-refractivity contribution in [2.24, 2.45) is 0 Å². The third-order valence-corrected chi connectivity index (χ3v) is 4.14. The Morgan fingerprint density at radius 1 is 1.32 bits per heavy atom. The largest absolute Gasteiger partial charge is 0.335 e. The van der Waals surface area contributed by atoms with E-state index in [-0.39, 0.29) is 0 Å². The lowest BCUT2D eigenvalue weighted by atomic mass is 10.2. The van der Waals surface area contributed by atoms with Crippen LogP contribution in [0.5, 0.6) is 0 Å². The minimum absolute atomic E-state index is 0.776. The number of benzene rings is 1. The lowest BCUT2D eigenvalue weighted by Gasteiger charge is -2.05. The Hall–Kier alpha value is -1.73. The van der Waals surface area contributed by atoms with Gasteiger partial charge in [0.05, 0.1) is 5.56 Å². The van der Waals surface area contributed by atoms with E-state index in [0.717, 1.165) is 41.4 Å². The zero-order valence-electron chi connectivity index (χ0n) is 11.0. The van der Waals surface area contributed by atoms with Crippen molar-refractivity contribution in [3.8, 4) is 6.07 Å². The van der Waals surface area contributed by atoms with Crippen molar-refractivity contribution >= 4 is 11.8 Å². The predicted octanol–water partition coefficient (Wildman–Crippen LogP) is 3.64. The molecule has 19 heavy (non-hydrogen) atoms. The molecule has 0 amide bonds. The number of hydrogen-bond donors (Lipinski definition) is 0. The quantitative estimate of drug-likeness (QED) is 0.595. The molecule has 1 heterocycles. The Bertz CT molecular complexity index is 569. The number of hydrogen-bond acceptors (Lipinski definition) is 3. The molecule has 2 rings (SSSR count). The van der Waals surface area contributed by atoms with Gasteiger partial charge in [0.15, 0.2) is 0 Å². The lowest BCUT2D eigenvalue weighted by molar-refractivity contribution is 0.619. The molecule has 1 aromatic heterocycles. The first-order valence-electron chi connectivity index (χ1n) is 6.41. The topological polar surface area (TPSA) is 41.6 Å². The third-order valence-electron chi connectivity index (χ3n) is 2.98. The van der Waals surface area contributed by atoms with E-state index in [2.05, 4.69) is 15.6 Å². The van der Waals surface area contributed by atoms with Gasteiger partial charge in [-0.25, -0.2) is 4.98 Å². The molecule has 0 aliphatic rings. The molecular formula is C15H17N3S. The minimum Gasteiger partial charge on any atom is -0.335 e. The van der Waals surface area contributed by atoms with Crippen molar-refractivity contribution in [1.29, 1.82) is 5.26 Å². The summed E-state index contributed by atoms with van der Waals surface area (Å²) < 4.78 is 2.17. The van der Waals surface area contributed by atoms with Gasteiger partial charge >= 0.3 is 0 Å². The van der Waals surface area contributed by atoms with Crippen LogP contribution in [-0.2, 0) is 6.54 Å². The Morgan fingerprint density at radius 3 is 2.89 bits per heavy atom. The van der Waals surface area contributed by atoms with Gasteiger partial charge in [-0.05, 0) is 37.7 Å². The number of nitriles is 1. The number of rotatable bonds is 6. The van der Waals surface area contributed by atoms with Crippen LogP contribution >= 0.6 is 11.8 Å². The highest BCUT2D eigenvalue weighted by atomic mass is 32.2. The molecule has 0 N–H and O–H groups in total. The highest BCUT2D eigenvalue weighted by molar-refractivity contribution is 7.99. The van der Waals surface area contributed by atoms with E-state index in [1.54, 1.807) is 11.8 Å². The summed E-state index contributed by atoms with van der Waals surface area (Å²) in [5, 5.41) is 9.00. The van der Waals surface area contributed by atoms with Gasteiger partial charge in [0, 0.05) is 23.8 Å². The van der Waals surface area contributed by atoms with Crippen molar-refractivity contribution in [3.05, 3.63) is 48.0 Å². The maximum Gasteiger partial charge on any atom is 0.105 e. The summed E-state index contributed by atoms with van der Waals surface area (Å²) in [4.78, 5) is 5.29. The summed E-state index contributed by atoms with van der Waals surface area (Å²) in [7, 11) is 0. The van der Waals surface area contributed by atoms with Crippen LogP contribution in [0.4, 0.5) is 0 Å². The summed E-state index contributed by atoms with van der Waals surface area (Å²) in [6.07, 6.45) is 6.14. The van der Waals surface area contributed by atoms with Crippen molar-refractivity contribution in [1.82, 2.24) is 9.55 Å². The molecule has 4 heteroatoms. The van der Waals surface area contributed by atoms with Gasteiger partial charge < -0.3 is 4.57 Å². The molecule has 98 valence electrons. The molecule has 0 aliphatic carbocycles. The smallest absolute Gasteiger partial charge is 0.105 e. The fourth-order valence-electron chi connectivity index (χ4n) is 1.89. The number of aromatic nitrogens is 2. The van der Waals surface area contributed by atoms with Crippen LogP contribution in [0.2, 0.25) is 0 Å². The summed E-state index contributed by atoms with van der Waals surface area (Å²) >= 11 is 1.77. The Morgan fingerprint density at radius 2 is 2.16 bits per heavy atom. The van der Waals surface area contributed by atoms with Gasteiger partial charge in [0.25, 0.3) is 0 Å². The molecule has 0 fully saturated rings. The first kappa shape index (κ1) is 13.7. The first-order valence-corrected chi connectivity index (χ1v) is 7.39. The molecule has 0 unspecified atom stereocenters. The van der Waals surface area contributed by atoms with E-state index < -0.39 is 0 Å². The fraction of sp³-hybridized carbons (Fsp3) is 0.333. The second-order valence-corrected chi connectivity index (χ2v) is 5.47. The van der Waals surface area contributed by atoms with Gasteiger partial charge in [-0.1, -0.05) is 12.1 Å². The highest BCUT2D eigenvalue weighted by Crippen LogP contribution is 2.23. The van der Waals surface area contributed by atoms with Crippen molar-refractivity contribution in [3.63, 3.8) is 0 Å². The number of nitrogens with zero attached hydrogens (tertiary/aromatic N) is 3. The van der Waals surface area contributed by atoms with E-state index in [9.17, 15) is 0 Å². The van der Waals surface area contributed by atoms with E-state index in [0.29, 0.717) is 0 Å². The number of imidazole rings is 1.